The van der Waals surface area contributed by atoms with Gasteiger partial charge in [0, 0.05) is 32.3 Å². The van der Waals surface area contributed by atoms with Crippen LogP contribution < -0.4 is 0 Å². The van der Waals surface area contributed by atoms with Crippen LogP contribution >= 0.6 is 0 Å². The predicted octanol–water partition coefficient (Wildman–Crippen LogP) is 2.75. The Bertz CT molecular complexity index is 757. The lowest BCUT2D eigenvalue weighted by atomic mass is 10.0. The van der Waals surface area contributed by atoms with Crippen molar-refractivity contribution in [2.75, 3.05) is 13.1 Å². The molecule has 4 rings (SSSR count). The Hall–Kier alpha value is -2.17. The van der Waals surface area contributed by atoms with Gasteiger partial charge >= 0.3 is 0 Å². The zero-order chi connectivity index (χ0) is 16.7. The second-order valence-electron chi connectivity index (χ2n) is 7.17. The number of aryl methyl sites for hydroxylation is 1. The average Bonchev–Trinajstić information content (AvgIpc) is 3.06. The molecule has 5 heteroatoms. The van der Waals surface area contributed by atoms with Crippen LogP contribution in [0, 0.1) is 17.7 Å². The molecule has 1 aromatic heterocycles. The third-order valence-corrected chi connectivity index (χ3v) is 5.26. The molecule has 4 nitrogen and oxygen atoms in total. The van der Waals surface area contributed by atoms with Crippen molar-refractivity contribution in [1.82, 2.24) is 14.7 Å². The van der Waals surface area contributed by atoms with Crippen molar-refractivity contribution in [3.63, 3.8) is 0 Å². The summed E-state index contributed by atoms with van der Waals surface area (Å²) < 4.78 is 15.2. The Balaban J connectivity index is 1.33. The minimum absolute atomic E-state index is 0.0453. The first kappa shape index (κ1) is 15.4. The number of carbonyl (C=O) groups excluding carboxylic acids is 1. The molecule has 0 bridgehead atoms. The fourth-order valence-electron chi connectivity index (χ4n) is 3.92. The molecule has 1 aliphatic heterocycles. The van der Waals surface area contributed by atoms with Gasteiger partial charge in [-0.2, -0.15) is 5.10 Å². The van der Waals surface area contributed by atoms with Gasteiger partial charge in [0.1, 0.15) is 5.82 Å². The molecule has 2 heterocycles. The molecule has 3 atom stereocenters. The van der Waals surface area contributed by atoms with Crippen molar-refractivity contribution < 1.29 is 9.18 Å². The Morgan fingerprint density at radius 1 is 1.42 bits per heavy atom. The van der Waals surface area contributed by atoms with Gasteiger partial charge in [-0.05, 0) is 54.4 Å². The van der Waals surface area contributed by atoms with E-state index in [1.165, 1.54) is 11.6 Å². The third kappa shape index (κ3) is 3.07. The lowest BCUT2D eigenvalue weighted by Gasteiger charge is -2.16. The van der Waals surface area contributed by atoms with Crippen LogP contribution in [0.4, 0.5) is 4.39 Å². The minimum Gasteiger partial charge on any atom is -0.342 e. The molecule has 2 aliphatic rings. The molecule has 24 heavy (non-hydrogen) atoms. The number of aromatic nitrogens is 2. The molecule has 1 aliphatic carbocycles. The summed E-state index contributed by atoms with van der Waals surface area (Å²) in [5.74, 6) is 0.792. The van der Waals surface area contributed by atoms with E-state index in [1.54, 1.807) is 12.1 Å². The fraction of sp³-hybridized carbons (Fsp3) is 0.474. The summed E-state index contributed by atoms with van der Waals surface area (Å²) in [5, 5.41) is 4.21. The molecule has 2 aromatic rings. The summed E-state index contributed by atoms with van der Waals surface area (Å²) in [4.78, 5) is 14.7. The summed E-state index contributed by atoms with van der Waals surface area (Å²) in [6, 6.07) is 6.67. The highest BCUT2D eigenvalue weighted by Crippen LogP contribution is 2.49. The van der Waals surface area contributed by atoms with Gasteiger partial charge in [-0.15, -0.1) is 0 Å². The van der Waals surface area contributed by atoms with E-state index in [0.29, 0.717) is 5.92 Å². The summed E-state index contributed by atoms with van der Waals surface area (Å²) in [7, 11) is 1.92. The van der Waals surface area contributed by atoms with Crippen LogP contribution in [-0.4, -0.2) is 33.7 Å². The van der Waals surface area contributed by atoms with Crippen LogP contribution in [0.5, 0.6) is 0 Å². The highest BCUT2D eigenvalue weighted by molar-refractivity contribution is 5.83. The van der Waals surface area contributed by atoms with E-state index >= 15 is 0 Å². The lowest BCUT2D eigenvalue weighted by Crippen LogP contribution is -2.30. The van der Waals surface area contributed by atoms with Crippen LogP contribution in [0.15, 0.2) is 36.7 Å². The van der Waals surface area contributed by atoms with Gasteiger partial charge in [-0.25, -0.2) is 4.39 Å². The number of hydrogen-bond donors (Lipinski definition) is 0. The van der Waals surface area contributed by atoms with Crippen LogP contribution in [0.1, 0.15) is 29.9 Å². The van der Waals surface area contributed by atoms with Gasteiger partial charge in [0.2, 0.25) is 5.91 Å². The van der Waals surface area contributed by atoms with Gasteiger partial charge in [-0.3, -0.25) is 9.48 Å². The summed E-state index contributed by atoms with van der Waals surface area (Å²) in [6.07, 6.45) is 6.84. The molecule has 1 saturated heterocycles. The first-order valence-electron chi connectivity index (χ1n) is 8.62. The first-order chi connectivity index (χ1) is 11.6. The normalized spacial score (nSPS) is 25.9. The highest BCUT2D eigenvalue weighted by atomic mass is 19.1. The maximum Gasteiger partial charge on any atom is 0.226 e. The number of nitrogens with zero attached hydrogens (tertiary/aromatic N) is 3. The maximum absolute atomic E-state index is 13.3. The van der Waals surface area contributed by atoms with E-state index in [1.807, 2.05) is 35.1 Å². The van der Waals surface area contributed by atoms with Gasteiger partial charge in [0.05, 0.1) is 6.20 Å². The van der Waals surface area contributed by atoms with E-state index in [9.17, 15) is 9.18 Å². The van der Waals surface area contributed by atoms with Crippen molar-refractivity contribution in [2.24, 2.45) is 18.9 Å². The summed E-state index contributed by atoms with van der Waals surface area (Å²) in [5.41, 5.74) is 2.19. The van der Waals surface area contributed by atoms with Crippen LogP contribution in [0.25, 0.3) is 0 Å². The molecule has 0 unspecified atom stereocenters. The molecule has 0 N–H and O–H groups in total. The van der Waals surface area contributed by atoms with Crippen molar-refractivity contribution in [1.29, 1.82) is 0 Å². The van der Waals surface area contributed by atoms with Gasteiger partial charge in [-0.1, -0.05) is 12.1 Å². The third-order valence-electron chi connectivity index (χ3n) is 5.26. The number of likely N-dealkylation sites (tertiary alicyclic amines) is 1. The Morgan fingerprint density at radius 3 is 3.04 bits per heavy atom. The number of carbonyl (C=O) groups is 1. The zero-order valence-electron chi connectivity index (χ0n) is 13.9. The molecule has 126 valence electrons. The fourth-order valence-corrected chi connectivity index (χ4v) is 3.92. The molecular formula is C19H22FN3O. The topological polar surface area (TPSA) is 38.1 Å². The molecule has 1 aromatic carbocycles. The monoisotopic (exact) mass is 327 g/mol. The lowest BCUT2D eigenvalue weighted by molar-refractivity contribution is -0.131. The van der Waals surface area contributed by atoms with E-state index in [2.05, 4.69) is 5.10 Å². The highest BCUT2D eigenvalue weighted by Gasteiger charge is 2.46. The molecule has 0 spiro atoms. The molecular weight excluding hydrogens is 305 g/mol. The molecule has 1 saturated carbocycles. The van der Waals surface area contributed by atoms with Gasteiger partial charge < -0.3 is 4.90 Å². The number of benzene rings is 1. The van der Waals surface area contributed by atoms with E-state index in [-0.39, 0.29) is 23.6 Å². The van der Waals surface area contributed by atoms with Crippen molar-refractivity contribution in [2.45, 2.75) is 25.2 Å². The Morgan fingerprint density at radius 2 is 2.29 bits per heavy atom. The van der Waals surface area contributed by atoms with Crippen molar-refractivity contribution >= 4 is 5.91 Å². The van der Waals surface area contributed by atoms with E-state index in [0.717, 1.165) is 37.9 Å². The van der Waals surface area contributed by atoms with Crippen molar-refractivity contribution in [3.8, 4) is 0 Å². The van der Waals surface area contributed by atoms with Crippen molar-refractivity contribution in [3.05, 3.63) is 53.6 Å². The van der Waals surface area contributed by atoms with E-state index < -0.39 is 0 Å². The minimum atomic E-state index is -0.219. The average molecular weight is 327 g/mol. The zero-order valence-corrected chi connectivity index (χ0v) is 13.9. The largest absolute Gasteiger partial charge is 0.342 e. The Labute approximate surface area is 141 Å². The second-order valence-corrected chi connectivity index (χ2v) is 7.17. The van der Waals surface area contributed by atoms with Gasteiger partial charge in [0.25, 0.3) is 0 Å². The number of hydrogen-bond acceptors (Lipinski definition) is 2. The quantitative estimate of drug-likeness (QED) is 0.866. The van der Waals surface area contributed by atoms with Gasteiger partial charge in [0.15, 0.2) is 0 Å². The van der Waals surface area contributed by atoms with Crippen LogP contribution in [-0.2, 0) is 18.3 Å². The standard InChI is InChI=1S/C19H22FN3O/c1-22-11-14(10-21-22)7-13-5-6-23(12-13)19(24)18-9-17(18)15-3-2-4-16(20)8-15/h2-4,8,10-11,13,17-18H,5-7,9,12H2,1H3/t13-,17-,18+/m0/s1. The second kappa shape index (κ2) is 6.04. The SMILES string of the molecule is Cn1cc(C[C@@H]2CCN(C(=O)[C@@H]3C[C@H]3c3cccc(F)c3)C2)cn1. The number of halogens is 1. The Kier molecular flexibility index (Phi) is 3.87. The summed E-state index contributed by atoms with van der Waals surface area (Å²) >= 11 is 0. The molecule has 0 radical (unpaired) electrons. The predicted molar refractivity (Wildman–Crippen MR) is 88.8 cm³/mol. The summed E-state index contributed by atoms with van der Waals surface area (Å²) in [6.45, 7) is 1.68. The van der Waals surface area contributed by atoms with Crippen LogP contribution in [0.3, 0.4) is 0 Å². The number of rotatable bonds is 4. The first-order valence-corrected chi connectivity index (χ1v) is 8.62. The van der Waals surface area contributed by atoms with E-state index in [4.69, 9.17) is 0 Å². The van der Waals surface area contributed by atoms with Crippen LogP contribution in [0.2, 0.25) is 0 Å². The molecule has 2 fully saturated rings. The molecule has 1 amide bonds. The number of amides is 1. The maximum atomic E-state index is 13.3. The smallest absolute Gasteiger partial charge is 0.226 e.